The minimum Gasteiger partial charge on any atom is -0.381 e. The molecule has 3 nitrogen and oxygen atoms in total. The number of hydrogen-bond donors (Lipinski definition) is 2. The molecule has 0 aliphatic heterocycles. The van der Waals surface area contributed by atoms with Gasteiger partial charge in [-0.2, -0.15) is 0 Å². The molecule has 0 unspecified atom stereocenters. The molecule has 31 heavy (non-hydrogen) atoms. The molecule has 2 N–H and O–H groups in total. The van der Waals surface area contributed by atoms with E-state index in [-0.39, 0.29) is 5.70 Å². The molecule has 0 radical (unpaired) electrons. The molecule has 1 aromatic rings. The fourth-order valence-corrected chi connectivity index (χ4v) is 3.26. The zero-order valence-corrected chi connectivity index (χ0v) is 19.9. The van der Waals surface area contributed by atoms with Crippen LogP contribution in [0.25, 0.3) is 11.3 Å². The molecule has 168 valence electrons. The number of allylic oxidation sites excluding steroid dienone is 3. The van der Waals surface area contributed by atoms with Crippen molar-refractivity contribution in [3.63, 3.8) is 0 Å². The molecule has 0 atom stereocenters. The maximum Gasteiger partial charge on any atom is 0.146 e. The van der Waals surface area contributed by atoms with Crippen molar-refractivity contribution in [3.8, 4) is 0 Å². The normalized spacial score (nSPS) is 15.7. The van der Waals surface area contributed by atoms with E-state index >= 15 is 0 Å². The van der Waals surface area contributed by atoms with E-state index in [9.17, 15) is 4.39 Å². The minimum atomic E-state index is -1.53. The highest BCUT2D eigenvalue weighted by Gasteiger charge is 2.40. The molecule has 1 fully saturated rings. The van der Waals surface area contributed by atoms with Gasteiger partial charge in [0, 0.05) is 24.0 Å². The summed E-state index contributed by atoms with van der Waals surface area (Å²) in [5.41, 5.74) is 5.33. The van der Waals surface area contributed by atoms with E-state index < -0.39 is 5.67 Å². The van der Waals surface area contributed by atoms with Crippen molar-refractivity contribution >= 4 is 17.5 Å². The zero-order chi connectivity index (χ0) is 23.2. The molecule has 0 bridgehead atoms. The van der Waals surface area contributed by atoms with Crippen LogP contribution in [-0.4, -0.2) is 31.0 Å². The van der Waals surface area contributed by atoms with Gasteiger partial charge in [0.25, 0.3) is 0 Å². The molecular formula is C27H38FN3. The van der Waals surface area contributed by atoms with Gasteiger partial charge in [-0.3, -0.25) is 4.99 Å². The largest absolute Gasteiger partial charge is 0.381 e. The first kappa shape index (κ1) is 24.8. The third kappa shape index (κ3) is 7.32. The number of hydrogen-bond acceptors (Lipinski definition) is 3. The average molecular weight is 424 g/mol. The summed E-state index contributed by atoms with van der Waals surface area (Å²) >= 11 is 0. The van der Waals surface area contributed by atoms with Gasteiger partial charge >= 0.3 is 0 Å². The second kappa shape index (κ2) is 10.2. The van der Waals surface area contributed by atoms with E-state index in [1.165, 1.54) is 32.3 Å². The van der Waals surface area contributed by atoms with Crippen LogP contribution in [0.2, 0.25) is 0 Å². The summed E-state index contributed by atoms with van der Waals surface area (Å²) < 4.78 is 13.9. The monoisotopic (exact) mass is 423 g/mol. The van der Waals surface area contributed by atoms with Crippen molar-refractivity contribution in [2.75, 3.05) is 13.6 Å². The van der Waals surface area contributed by atoms with Crippen molar-refractivity contribution in [1.29, 1.82) is 0 Å². The van der Waals surface area contributed by atoms with Crippen LogP contribution in [0.1, 0.15) is 63.6 Å². The number of aliphatic imine (C=N–C) groups is 1. The van der Waals surface area contributed by atoms with Crippen LogP contribution in [0, 0.1) is 0 Å². The number of nitrogens with zero attached hydrogens (tertiary/aromatic N) is 1. The Morgan fingerprint density at radius 1 is 1.19 bits per heavy atom. The van der Waals surface area contributed by atoms with E-state index in [0.29, 0.717) is 12.1 Å². The summed E-state index contributed by atoms with van der Waals surface area (Å²) in [5, 5.41) is 6.85. The van der Waals surface area contributed by atoms with Crippen molar-refractivity contribution in [3.05, 3.63) is 72.0 Å². The summed E-state index contributed by atoms with van der Waals surface area (Å²) in [4.78, 5) is 4.18. The topological polar surface area (TPSA) is 36.4 Å². The van der Waals surface area contributed by atoms with Crippen LogP contribution in [0.5, 0.6) is 0 Å². The van der Waals surface area contributed by atoms with Crippen LogP contribution >= 0.6 is 0 Å². The number of halogens is 1. The SMILES string of the molecule is C=C(C)c1cc(CCC2(NC)CC2)cc(C(=C)NC/C(C=NC(=C)C(C)(C)F)=C/C)c1. The molecule has 1 aliphatic rings. The molecule has 0 aromatic heterocycles. The highest BCUT2D eigenvalue weighted by atomic mass is 19.1. The summed E-state index contributed by atoms with van der Waals surface area (Å²) in [7, 11) is 2.06. The van der Waals surface area contributed by atoms with Gasteiger partial charge in [-0.05, 0) is 94.8 Å². The number of nitrogens with one attached hydrogen (secondary N) is 2. The summed E-state index contributed by atoms with van der Waals surface area (Å²) in [6.07, 6.45) is 8.28. The Morgan fingerprint density at radius 2 is 1.84 bits per heavy atom. The molecule has 0 amide bonds. The standard InChI is InChI=1S/C27H38FN3/c1-9-22(18-31-21(5)26(6,7)28)17-30-20(4)25-15-23(14-24(16-25)19(2)3)10-11-27(29-8)12-13-27/h9,14-16,18,29-30H,2,4-5,10-13,17H2,1,3,6-8H3/b22-9-,31-18?. The molecule has 0 heterocycles. The van der Waals surface area contributed by atoms with Crippen LogP contribution in [0.3, 0.4) is 0 Å². The van der Waals surface area contributed by atoms with E-state index in [1.54, 1.807) is 6.21 Å². The lowest BCUT2D eigenvalue weighted by molar-refractivity contribution is 0.267. The molecule has 4 heteroatoms. The van der Waals surface area contributed by atoms with Crippen molar-refractivity contribution in [2.24, 2.45) is 4.99 Å². The molecule has 1 aromatic carbocycles. The first-order valence-electron chi connectivity index (χ1n) is 11.0. The van der Waals surface area contributed by atoms with E-state index in [1.807, 2.05) is 19.9 Å². The maximum absolute atomic E-state index is 13.9. The second-order valence-electron chi connectivity index (χ2n) is 9.10. The van der Waals surface area contributed by atoms with Crippen LogP contribution in [0.4, 0.5) is 4.39 Å². The fourth-order valence-electron chi connectivity index (χ4n) is 3.26. The van der Waals surface area contributed by atoms with Crippen LogP contribution in [0.15, 0.2) is 60.3 Å². The van der Waals surface area contributed by atoms with Gasteiger partial charge in [-0.15, -0.1) is 0 Å². The average Bonchev–Trinajstić information content (AvgIpc) is 3.51. The lowest BCUT2D eigenvalue weighted by atomic mass is 9.96. The van der Waals surface area contributed by atoms with Gasteiger partial charge in [0.1, 0.15) is 5.67 Å². The molecule has 2 rings (SSSR count). The predicted molar refractivity (Wildman–Crippen MR) is 134 cm³/mol. The molecular weight excluding hydrogens is 385 g/mol. The number of alkyl halides is 1. The lowest BCUT2D eigenvalue weighted by Gasteiger charge is -2.17. The van der Waals surface area contributed by atoms with E-state index in [0.717, 1.165) is 40.8 Å². The van der Waals surface area contributed by atoms with Crippen molar-refractivity contribution in [2.45, 2.75) is 64.6 Å². The van der Waals surface area contributed by atoms with Crippen LogP contribution < -0.4 is 10.6 Å². The highest BCUT2D eigenvalue weighted by molar-refractivity contribution is 5.80. The Hall–Kier alpha value is -2.46. The van der Waals surface area contributed by atoms with Gasteiger partial charge in [0.05, 0.1) is 5.70 Å². The summed E-state index contributed by atoms with van der Waals surface area (Å²) in [6, 6.07) is 6.58. The van der Waals surface area contributed by atoms with Gasteiger partial charge in [-0.25, -0.2) is 4.39 Å². The second-order valence-corrected chi connectivity index (χ2v) is 9.10. The maximum atomic E-state index is 13.9. The van der Waals surface area contributed by atoms with Crippen molar-refractivity contribution in [1.82, 2.24) is 10.6 Å². The molecule has 0 spiro atoms. The van der Waals surface area contributed by atoms with E-state index in [2.05, 4.69) is 60.6 Å². The first-order chi connectivity index (χ1) is 14.5. The number of rotatable bonds is 12. The Kier molecular flexibility index (Phi) is 8.19. The van der Waals surface area contributed by atoms with Gasteiger partial charge in [-0.1, -0.05) is 37.5 Å². The predicted octanol–water partition coefficient (Wildman–Crippen LogP) is 6.24. The Balaban J connectivity index is 2.08. The smallest absolute Gasteiger partial charge is 0.146 e. The Bertz CT molecular complexity index is 896. The third-order valence-corrected chi connectivity index (χ3v) is 6.06. The minimum absolute atomic E-state index is 0.208. The Morgan fingerprint density at radius 3 is 2.35 bits per heavy atom. The number of benzene rings is 1. The molecule has 0 saturated heterocycles. The first-order valence-corrected chi connectivity index (χ1v) is 11.0. The summed E-state index contributed by atoms with van der Waals surface area (Å²) in [6.45, 7) is 19.5. The Labute approximate surface area is 187 Å². The number of aryl methyl sites for hydroxylation is 1. The fraction of sp³-hybridized carbons (Fsp3) is 0.444. The van der Waals surface area contributed by atoms with Crippen LogP contribution in [-0.2, 0) is 6.42 Å². The van der Waals surface area contributed by atoms with Gasteiger partial charge < -0.3 is 10.6 Å². The van der Waals surface area contributed by atoms with E-state index in [4.69, 9.17) is 0 Å². The molecule has 1 aliphatic carbocycles. The zero-order valence-electron chi connectivity index (χ0n) is 19.9. The van der Waals surface area contributed by atoms with Gasteiger partial charge in [0.15, 0.2) is 0 Å². The van der Waals surface area contributed by atoms with Gasteiger partial charge in [0.2, 0.25) is 0 Å². The lowest BCUT2D eigenvalue weighted by Crippen LogP contribution is -2.27. The third-order valence-electron chi connectivity index (χ3n) is 6.06. The summed E-state index contributed by atoms with van der Waals surface area (Å²) in [5.74, 6) is 0. The van der Waals surface area contributed by atoms with Crippen molar-refractivity contribution < 1.29 is 4.39 Å². The quantitative estimate of drug-likeness (QED) is 0.390. The molecule has 1 saturated carbocycles. The highest BCUT2D eigenvalue weighted by Crippen LogP contribution is 2.39.